The van der Waals surface area contributed by atoms with E-state index >= 15 is 0 Å². The molecular formula is C15H22N2O2. The number of carbonyl (C=O) groups excluding carboxylic acids is 1. The first kappa shape index (κ1) is 13.9. The Bertz CT molecular complexity index is 495. The fourth-order valence-electron chi connectivity index (χ4n) is 2.53. The molecule has 1 aliphatic heterocycles. The molecule has 104 valence electrons. The third-order valence-corrected chi connectivity index (χ3v) is 3.39. The summed E-state index contributed by atoms with van der Waals surface area (Å²) in [6, 6.07) is 5.92. The van der Waals surface area contributed by atoms with E-state index in [-0.39, 0.29) is 23.6 Å². The van der Waals surface area contributed by atoms with Gasteiger partial charge in [0.25, 0.3) is 0 Å². The summed E-state index contributed by atoms with van der Waals surface area (Å²) in [5.74, 6) is 0.805. The van der Waals surface area contributed by atoms with Gasteiger partial charge in [0.1, 0.15) is 11.4 Å². The van der Waals surface area contributed by atoms with E-state index in [2.05, 4.69) is 5.32 Å². The second kappa shape index (κ2) is 4.85. The highest BCUT2D eigenvalue weighted by Crippen LogP contribution is 2.40. The zero-order chi connectivity index (χ0) is 14.2. The molecule has 0 saturated heterocycles. The van der Waals surface area contributed by atoms with Gasteiger partial charge < -0.3 is 15.8 Å². The number of rotatable bonds is 2. The zero-order valence-corrected chi connectivity index (χ0v) is 12.0. The second-order valence-electron chi connectivity index (χ2n) is 5.90. The molecule has 0 fully saturated rings. The van der Waals surface area contributed by atoms with E-state index in [0.717, 1.165) is 23.3 Å². The van der Waals surface area contributed by atoms with Gasteiger partial charge >= 0.3 is 0 Å². The summed E-state index contributed by atoms with van der Waals surface area (Å²) in [5, 5.41) is 3.00. The lowest BCUT2D eigenvalue weighted by molar-refractivity contribution is -0.120. The number of hydrogen-bond acceptors (Lipinski definition) is 3. The molecule has 4 nitrogen and oxygen atoms in total. The third-order valence-electron chi connectivity index (χ3n) is 3.39. The zero-order valence-electron chi connectivity index (χ0n) is 12.0. The number of nitrogens with two attached hydrogens (primary N) is 1. The molecular weight excluding hydrogens is 240 g/mol. The maximum absolute atomic E-state index is 11.4. The minimum atomic E-state index is -0.282. The average Bonchev–Trinajstić information content (AvgIpc) is 2.25. The van der Waals surface area contributed by atoms with Gasteiger partial charge in [-0.05, 0) is 38.5 Å². The van der Waals surface area contributed by atoms with E-state index in [1.807, 2.05) is 39.0 Å². The first-order valence-corrected chi connectivity index (χ1v) is 6.64. The molecule has 2 atom stereocenters. The lowest BCUT2D eigenvalue weighted by Gasteiger charge is -2.38. The van der Waals surface area contributed by atoms with Crippen LogP contribution in [0.5, 0.6) is 5.75 Å². The molecule has 0 radical (unpaired) electrons. The molecule has 2 unspecified atom stereocenters. The van der Waals surface area contributed by atoms with Crippen molar-refractivity contribution in [3.63, 3.8) is 0 Å². The van der Waals surface area contributed by atoms with Crippen molar-refractivity contribution in [3.05, 3.63) is 29.3 Å². The van der Waals surface area contributed by atoms with Gasteiger partial charge in [-0.25, -0.2) is 0 Å². The van der Waals surface area contributed by atoms with Crippen LogP contribution in [0.2, 0.25) is 0 Å². The second-order valence-corrected chi connectivity index (χ2v) is 5.90. The van der Waals surface area contributed by atoms with Gasteiger partial charge in [-0.1, -0.05) is 6.07 Å². The quantitative estimate of drug-likeness (QED) is 0.860. The van der Waals surface area contributed by atoms with Crippen LogP contribution in [0.25, 0.3) is 0 Å². The number of benzene rings is 1. The van der Waals surface area contributed by atoms with Crippen LogP contribution in [0.3, 0.4) is 0 Å². The highest BCUT2D eigenvalue weighted by atomic mass is 16.5. The Hall–Kier alpha value is -1.55. The average molecular weight is 262 g/mol. The van der Waals surface area contributed by atoms with Crippen molar-refractivity contribution in [2.45, 2.75) is 51.8 Å². The fourth-order valence-corrected chi connectivity index (χ4v) is 2.53. The summed E-state index contributed by atoms with van der Waals surface area (Å²) in [4.78, 5) is 11.4. The Balaban J connectivity index is 2.42. The molecule has 2 rings (SSSR count). The Morgan fingerprint density at radius 2 is 2.21 bits per heavy atom. The molecule has 1 aromatic carbocycles. The minimum Gasteiger partial charge on any atom is -0.487 e. The van der Waals surface area contributed by atoms with Gasteiger partial charge in [-0.3, -0.25) is 4.79 Å². The molecule has 4 heteroatoms. The number of fused-ring (bicyclic) bond motifs is 1. The molecule has 0 aliphatic carbocycles. The Kier molecular flexibility index (Phi) is 3.54. The van der Waals surface area contributed by atoms with Crippen molar-refractivity contribution in [1.82, 2.24) is 5.32 Å². The molecule has 1 aliphatic rings. The van der Waals surface area contributed by atoms with Gasteiger partial charge in [-0.15, -0.1) is 0 Å². The molecule has 0 spiro atoms. The Morgan fingerprint density at radius 3 is 2.79 bits per heavy atom. The van der Waals surface area contributed by atoms with E-state index in [4.69, 9.17) is 10.5 Å². The standard InChI is InChI=1S/C15H22N2O2/c1-9(16)11-5-6-14-12(7-11)13(17-10(2)18)8-15(3,4)19-14/h5-7,9,13H,8,16H2,1-4H3,(H,17,18). The maximum Gasteiger partial charge on any atom is 0.217 e. The predicted octanol–water partition coefficient (Wildman–Crippen LogP) is 2.44. The Morgan fingerprint density at radius 1 is 1.53 bits per heavy atom. The highest BCUT2D eigenvalue weighted by Gasteiger charge is 2.34. The van der Waals surface area contributed by atoms with Crippen LogP contribution in [0.1, 0.15) is 57.3 Å². The van der Waals surface area contributed by atoms with Crippen molar-refractivity contribution in [1.29, 1.82) is 0 Å². The van der Waals surface area contributed by atoms with Crippen molar-refractivity contribution < 1.29 is 9.53 Å². The number of ether oxygens (including phenoxy) is 1. The van der Waals surface area contributed by atoms with E-state index < -0.39 is 0 Å². The first-order valence-electron chi connectivity index (χ1n) is 6.64. The lowest BCUT2D eigenvalue weighted by Crippen LogP contribution is -2.40. The normalized spacial score (nSPS) is 22.1. The summed E-state index contributed by atoms with van der Waals surface area (Å²) in [6.07, 6.45) is 0.752. The summed E-state index contributed by atoms with van der Waals surface area (Å²) in [7, 11) is 0. The lowest BCUT2D eigenvalue weighted by atomic mass is 9.88. The minimum absolute atomic E-state index is 0.0186. The van der Waals surface area contributed by atoms with Crippen molar-refractivity contribution in [2.24, 2.45) is 5.73 Å². The SMILES string of the molecule is CC(=O)NC1CC(C)(C)Oc2ccc(C(C)N)cc21. The molecule has 1 heterocycles. The molecule has 1 amide bonds. The topological polar surface area (TPSA) is 64.3 Å². The largest absolute Gasteiger partial charge is 0.487 e. The number of hydrogen-bond donors (Lipinski definition) is 2. The van der Waals surface area contributed by atoms with Gasteiger partial charge in [-0.2, -0.15) is 0 Å². The van der Waals surface area contributed by atoms with Crippen LogP contribution in [-0.4, -0.2) is 11.5 Å². The third kappa shape index (κ3) is 3.07. The van der Waals surface area contributed by atoms with E-state index in [0.29, 0.717) is 0 Å². The van der Waals surface area contributed by atoms with Crippen molar-refractivity contribution in [2.75, 3.05) is 0 Å². The summed E-state index contributed by atoms with van der Waals surface area (Å²) in [6.45, 7) is 7.55. The molecule has 1 aromatic rings. The van der Waals surface area contributed by atoms with Gasteiger partial charge in [0.15, 0.2) is 0 Å². The van der Waals surface area contributed by atoms with Crippen LogP contribution in [-0.2, 0) is 4.79 Å². The van der Waals surface area contributed by atoms with E-state index in [1.54, 1.807) is 0 Å². The molecule has 0 saturated carbocycles. The maximum atomic E-state index is 11.4. The van der Waals surface area contributed by atoms with Crippen LogP contribution < -0.4 is 15.8 Å². The summed E-state index contributed by atoms with van der Waals surface area (Å²) >= 11 is 0. The van der Waals surface area contributed by atoms with E-state index in [1.165, 1.54) is 6.92 Å². The highest BCUT2D eigenvalue weighted by molar-refractivity contribution is 5.73. The van der Waals surface area contributed by atoms with E-state index in [9.17, 15) is 4.79 Å². The predicted molar refractivity (Wildman–Crippen MR) is 74.9 cm³/mol. The molecule has 0 aromatic heterocycles. The van der Waals surface area contributed by atoms with Gasteiger partial charge in [0, 0.05) is 24.9 Å². The van der Waals surface area contributed by atoms with Crippen LogP contribution in [0, 0.1) is 0 Å². The smallest absolute Gasteiger partial charge is 0.217 e. The monoisotopic (exact) mass is 262 g/mol. The molecule has 3 N–H and O–H groups in total. The van der Waals surface area contributed by atoms with Gasteiger partial charge in [0.2, 0.25) is 5.91 Å². The number of amides is 1. The number of nitrogens with one attached hydrogen (secondary N) is 1. The van der Waals surface area contributed by atoms with Crippen LogP contribution in [0.15, 0.2) is 18.2 Å². The molecule has 19 heavy (non-hydrogen) atoms. The van der Waals surface area contributed by atoms with Crippen LogP contribution >= 0.6 is 0 Å². The summed E-state index contributed by atoms with van der Waals surface area (Å²) in [5.41, 5.74) is 7.71. The molecule has 0 bridgehead atoms. The summed E-state index contributed by atoms with van der Waals surface area (Å²) < 4.78 is 5.97. The van der Waals surface area contributed by atoms with Crippen LogP contribution in [0.4, 0.5) is 0 Å². The Labute approximate surface area is 114 Å². The first-order chi connectivity index (χ1) is 8.78. The van der Waals surface area contributed by atoms with Crippen molar-refractivity contribution in [3.8, 4) is 5.75 Å². The van der Waals surface area contributed by atoms with Gasteiger partial charge in [0.05, 0.1) is 6.04 Å². The van der Waals surface area contributed by atoms with Crippen molar-refractivity contribution >= 4 is 5.91 Å². The number of carbonyl (C=O) groups is 1. The fraction of sp³-hybridized carbons (Fsp3) is 0.533.